The van der Waals surface area contributed by atoms with Gasteiger partial charge in [0.15, 0.2) is 11.5 Å². The Hall–Kier alpha value is -1.64. The first-order chi connectivity index (χ1) is 15.8. The molecule has 1 aliphatic rings. The molecule has 0 aliphatic carbocycles. The number of rotatable bonds is 13. The standard InChI is InChI=1S/C20H33N7O4S2/c1-20(2,9-23-15(29)4-3-6-21)33-32-12-30-14-8-16(31-13(14)5-7-28)27-11-26-17-18(22)24-10-25-19(17)27/h10-11,13-14,16,28H,3-9,12,21H2,1-2H3,(H,23,29)(H2,22,24,25)/t13?,14-,16-/m1/s1. The third kappa shape index (κ3) is 7.17. The van der Waals surface area contributed by atoms with E-state index in [1.165, 1.54) is 6.33 Å². The van der Waals surface area contributed by atoms with E-state index < -0.39 is 0 Å². The zero-order valence-corrected chi connectivity index (χ0v) is 20.6. The maximum atomic E-state index is 11.8. The first-order valence-electron chi connectivity index (χ1n) is 10.9. The van der Waals surface area contributed by atoms with Crippen molar-refractivity contribution < 1.29 is 19.4 Å². The molecule has 0 aromatic carbocycles. The Morgan fingerprint density at radius 2 is 2.24 bits per heavy atom. The monoisotopic (exact) mass is 499 g/mol. The number of hydrogen-bond acceptors (Lipinski definition) is 11. The molecule has 13 heteroatoms. The number of aliphatic hydroxyl groups excluding tert-OH is 1. The number of anilines is 1. The van der Waals surface area contributed by atoms with Gasteiger partial charge in [-0.1, -0.05) is 21.6 Å². The lowest BCUT2D eigenvalue weighted by molar-refractivity contribution is -0.121. The number of nitrogens with two attached hydrogens (primary N) is 2. The van der Waals surface area contributed by atoms with Crippen molar-refractivity contribution >= 4 is 44.5 Å². The van der Waals surface area contributed by atoms with E-state index in [0.717, 1.165) is 0 Å². The number of imidazole rings is 1. The van der Waals surface area contributed by atoms with Crippen LogP contribution in [-0.4, -0.2) is 73.1 Å². The van der Waals surface area contributed by atoms with E-state index in [4.69, 9.17) is 20.9 Å². The molecule has 3 rings (SSSR count). The highest BCUT2D eigenvalue weighted by atomic mass is 33.1. The molecule has 0 radical (unpaired) electrons. The number of nitrogens with one attached hydrogen (secondary N) is 1. The molecule has 1 aliphatic heterocycles. The topological polar surface area (TPSA) is 163 Å². The number of nitrogen functional groups attached to an aromatic ring is 1. The molecule has 1 unspecified atom stereocenters. The predicted octanol–water partition coefficient (Wildman–Crippen LogP) is 1.44. The molecule has 2 aromatic rings. The summed E-state index contributed by atoms with van der Waals surface area (Å²) in [5.74, 6) is 0.802. The molecule has 33 heavy (non-hydrogen) atoms. The minimum Gasteiger partial charge on any atom is -0.396 e. The summed E-state index contributed by atoms with van der Waals surface area (Å²) < 4.78 is 14.0. The Morgan fingerprint density at radius 3 is 3.00 bits per heavy atom. The van der Waals surface area contributed by atoms with Gasteiger partial charge in [-0.15, -0.1) is 0 Å². The van der Waals surface area contributed by atoms with Crippen LogP contribution in [0.5, 0.6) is 0 Å². The van der Waals surface area contributed by atoms with Gasteiger partial charge in [0.2, 0.25) is 5.91 Å². The van der Waals surface area contributed by atoms with E-state index in [1.807, 2.05) is 4.57 Å². The van der Waals surface area contributed by atoms with Crippen LogP contribution in [0.1, 0.15) is 45.8 Å². The van der Waals surface area contributed by atoms with Gasteiger partial charge in [-0.25, -0.2) is 15.0 Å². The summed E-state index contributed by atoms with van der Waals surface area (Å²) in [5, 5.41) is 12.4. The highest BCUT2D eigenvalue weighted by Crippen LogP contribution is 2.38. The summed E-state index contributed by atoms with van der Waals surface area (Å²) in [6.45, 7) is 5.24. The van der Waals surface area contributed by atoms with Crippen molar-refractivity contribution in [3.63, 3.8) is 0 Å². The van der Waals surface area contributed by atoms with Gasteiger partial charge in [0.25, 0.3) is 0 Å². The van der Waals surface area contributed by atoms with Crippen LogP contribution >= 0.6 is 21.6 Å². The van der Waals surface area contributed by atoms with Crippen LogP contribution in [0.15, 0.2) is 12.7 Å². The molecular weight excluding hydrogens is 466 g/mol. The third-order valence-electron chi connectivity index (χ3n) is 5.23. The van der Waals surface area contributed by atoms with E-state index >= 15 is 0 Å². The Morgan fingerprint density at radius 1 is 1.42 bits per heavy atom. The van der Waals surface area contributed by atoms with Crippen molar-refractivity contribution in [2.75, 3.05) is 31.4 Å². The summed E-state index contributed by atoms with van der Waals surface area (Å²) in [7, 11) is 3.25. The molecule has 1 fully saturated rings. The molecule has 3 heterocycles. The van der Waals surface area contributed by atoms with Crippen molar-refractivity contribution in [1.29, 1.82) is 0 Å². The molecule has 1 saturated heterocycles. The summed E-state index contributed by atoms with van der Waals surface area (Å²) in [5.41, 5.74) is 12.5. The maximum Gasteiger partial charge on any atom is 0.220 e. The van der Waals surface area contributed by atoms with E-state index in [0.29, 0.717) is 61.7 Å². The summed E-state index contributed by atoms with van der Waals surface area (Å²) in [4.78, 5) is 24.4. The molecule has 0 spiro atoms. The second kappa shape index (κ2) is 12.2. The second-order valence-corrected chi connectivity index (χ2v) is 11.4. The summed E-state index contributed by atoms with van der Waals surface area (Å²) >= 11 is 0. The zero-order valence-electron chi connectivity index (χ0n) is 19.0. The molecule has 0 saturated carbocycles. The normalized spacial score (nSPS) is 21.0. The number of aliphatic hydroxyl groups is 1. The van der Waals surface area contributed by atoms with Gasteiger partial charge in [-0.3, -0.25) is 9.36 Å². The van der Waals surface area contributed by atoms with Crippen LogP contribution in [0.3, 0.4) is 0 Å². The van der Waals surface area contributed by atoms with Crippen LogP contribution < -0.4 is 16.8 Å². The lowest BCUT2D eigenvalue weighted by atomic mass is 10.1. The Labute approximate surface area is 201 Å². The average Bonchev–Trinajstić information content (AvgIpc) is 3.39. The smallest absolute Gasteiger partial charge is 0.220 e. The second-order valence-electron chi connectivity index (χ2n) is 8.41. The SMILES string of the molecule is CC(C)(CNC(=O)CCCN)SSCO[C@@H]1C[C@H](n2cnc3c(N)ncnc32)OC1CCO. The molecule has 11 nitrogen and oxygen atoms in total. The minimum absolute atomic E-state index is 0.00974. The molecule has 6 N–H and O–H groups in total. The fourth-order valence-electron chi connectivity index (χ4n) is 3.50. The van der Waals surface area contributed by atoms with Crippen molar-refractivity contribution in [2.24, 2.45) is 5.73 Å². The Balaban J connectivity index is 1.49. The van der Waals surface area contributed by atoms with Crippen molar-refractivity contribution in [3.8, 4) is 0 Å². The predicted molar refractivity (Wildman–Crippen MR) is 130 cm³/mol. The number of carbonyl (C=O) groups excluding carboxylic acids is 1. The molecule has 1 amide bonds. The van der Waals surface area contributed by atoms with Gasteiger partial charge >= 0.3 is 0 Å². The number of fused-ring (bicyclic) bond motifs is 1. The molecular formula is C20H33N7O4S2. The molecule has 3 atom stereocenters. The number of nitrogens with zero attached hydrogens (tertiary/aromatic N) is 4. The summed E-state index contributed by atoms with van der Waals surface area (Å²) in [6, 6.07) is 0. The van der Waals surface area contributed by atoms with E-state index in [-0.39, 0.29) is 35.7 Å². The first-order valence-corrected chi connectivity index (χ1v) is 13.2. The molecule has 2 aromatic heterocycles. The van der Waals surface area contributed by atoms with E-state index in [2.05, 4.69) is 34.1 Å². The zero-order chi connectivity index (χ0) is 23.8. The molecule has 184 valence electrons. The molecule has 0 bridgehead atoms. The number of carbonyl (C=O) groups is 1. The highest BCUT2D eigenvalue weighted by molar-refractivity contribution is 8.77. The van der Waals surface area contributed by atoms with Crippen LogP contribution in [0.4, 0.5) is 5.82 Å². The quantitative estimate of drug-likeness (QED) is 0.179. The fraction of sp³-hybridized carbons (Fsp3) is 0.700. The first kappa shape index (κ1) is 26.0. The van der Waals surface area contributed by atoms with Crippen LogP contribution in [-0.2, 0) is 14.3 Å². The van der Waals surface area contributed by atoms with Gasteiger partial charge in [-0.05, 0) is 33.2 Å². The van der Waals surface area contributed by atoms with Gasteiger partial charge in [0.05, 0.1) is 18.5 Å². The maximum absolute atomic E-state index is 11.8. The number of amides is 1. The Bertz CT molecular complexity index is 914. The lowest BCUT2D eigenvalue weighted by Gasteiger charge is -2.24. The van der Waals surface area contributed by atoms with Crippen molar-refractivity contribution in [3.05, 3.63) is 12.7 Å². The van der Waals surface area contributed by atoms with Gasteiger partial charge in [0, 0.05) is 30.7 Å². The Kier molecular flexibility index (Phi) is 9.58. The van der Waals surface area contributed by atoms with Crippen molar-refractivity contribution in [1.82, 2.24) is 24.8 Å². The van der Waals surface area contributed by atoms with Crippen LogP contribution in [0.25, 0.3) is 11.2 Å². The van der Waals surface area contributed by atoms with Crippen LogP contribution in [0, 0.1) is 0 Å². The third-order valence-corrected chi connectivity index (χ3v) is 8.17. The average molecular weight is 500 g/mol. The van der Waals surface area contributed by atoms with Crippen molar-refractivity contribution in [2.45, 2.75) is 62.7 Å². The van der Waals surface area contributed by atoms with Crippen LogP contribution in [0.2, 0.25) is 0 Å². The number of aromatic nitrogens is 4. The van der Waals surface area contributed by atoms with E-state index in [9.17, 15) is 9.90 Å². The van der Waals surface area contributed by atoms with Gasteiger partial charge < -0.3 is 31.4 Å². The lowest BCUT2D eigenvalue weighted by Crippen LogP contribution is -2.36. The minimum atomic E-state index is -0.316. The van der Waals surface area contributed by atoms with E-state index in [1.54, 1.807) is 27.9 Å². The summed E-state index contributed by atoms with van der Waals surface area (Å²) in [6.07, 6.45) is 4.54. The van der Waals surface area contributed by atoms with Gasteiger partial charge in [0.1, 0.15) is 24.0 Å². The fourth-order valence-corrected chi connectivity index (χ4v) is 5.68. The van der Waals surface area contributed by atoms with Gasteiger partial charge in [-0.2, -0.15) is 0 Å². The highest BCUT2D eigenvalue weighted by Gasteiger charge is 2.37. The number of hydrogen-bond donors (Lipinski definition) is 4. The number of ether oxygens (including phenoxy) is 2. The largest absolute Gasteiger partial charge is 0.396 e.